The maximum Gasteiger partial charge on any atom is 0.315 e. The van der Waals surface area contributed by atoms with Gasteiger partial charge in [0, 0.05) is 43.2 Å². The van der Waals surface area contributed by atoms with Crippen LogP contribution >= 0.6 is 0 Å². The molecule has 2 fully saturated rings. The van der Waals surface area contributed by atoms with Crippen molar-refractivity contribution in [3.05, 3.63) is 47.4 Å². The summed E-state index contributed by atoms with van der Waals surface area (Å²) in [5, 5.41) is 3.46. The lowest BCUT2D eigenvalue weighted by Crippen LogP contribution is -2.45. The molecule has 5 heterocycles. The number of piperidine rings is 1. The van der Waals surface area contributed by atoms with E-state index in [9.17, 15) is 9.59 Å². The van der Waals surface area contributed by atoms with E-state index in [1.165, 1.54) is 0 Å². The molecule has 38 heavy (non-hydrogen) atoms. The topological polar surface area (TPSA) is 132 Å². The predicted octanol–water partition coefficient (Wildman–Crippen LogP) is 2.47. The fraction of sp³-hybridized carbons (Fsp3) is 0.444. The molecule has 4 aliphatic rings. The van der Waals surface area contributed by atoms with Crippen LogP contribution in [0.4, 0.5) is 10.7 Å². The smallest absolute Gasteiger partial charge is 0.315 e. The van der Waals surface area contributed by atoms with Crippen LogP contribution in [0.25, 0.3) is 17.2 Å². The van der Waals surface area contributed by atoms with Gasteiger partial charge in [-0.2, -0.15) is 4.98 Å². The highest BCUT2D eigenvalue weighted by molar-refractivity contribution is 5.81. The molecule has 3 aromatic rings. The van der Waals surface area contributed by atoms with Crippen LogP contribution in [0.15, 0.2) is 30.5 Å². The molecule has 0 radical (unpaired) electrons. The second-order valence-corrected chi connectivity index (χ2v) is 10.6. The highest BCUT2D eigenvalue weighted by Gasteiger charge is 2.36. The van der Waals surface area contributed by atoms with Gasteiger partial charge in [0.15, 0.2) is 0 Å². The van der Waals surface area contributed by atoms with Gasteiger partial charge in [-0.1, -0.05) is 0 Å². The molecule has 3 aliphatic heterocycles. The highest BCUT2D eigenvalue weighted by atomic mass is 16.5. The van der Waals surface area contributed by atoms with Crippen molar-refractivity contribution in [3.8, 4) is 23.0 Å². The zero-order chi connectivity index (χ0) is 25.8. The van der Waals surface area contributed by atoms with E-state index in [1.54, 1.807) is 11.1 Å². The summed E-state index contributed by atoms with van der Waals surface area (Å²) in [6, 6.07) is 7.59. The number of benzene rings is 1. The lowest BCUT2D eigenvalue weighted by molar-refractivity contribution is -0.133. The Balaban J connectivity index is 1.21. The first-order valence-electron chi connectivity index (χ1n) is 13.3. The minimum atomic E-state index is -0.474. The molecule has 1 unspecified atom stereocenters. The first-order valence-corrected chi connectivity index (χ1v) is 13.3. The summed E-state index contributed by atoms with van der Waals surface area (Å²) in [4.78, 5) is 42.4. The first-order chi connectivity index (χ1) is 18.5. The standard InChI is InChI=1S/C27H30N8O3/c28-26(37)34-14-20-21(15-34)35(24(31-20)18-5-6-22-17(12-18)8-11-38-22)23-7-9-29-27(32-23)30-19-2-1-10-33(13-19)25(36)16-3-4-16/h5-7,9,12,16,19H,1-4,8,10-11,13-15H2,(H2,28,37)(H,29,30,32). The van der Waals surface area contributed by atoms with Crippen LogP contribution in [-0.4, -0.2) is 67.0 Å². The summed E-state index contributed by atoms with van der Waals surface area (Å²) >= 11 is 0. The highest BCUT2D eigenvalue weighted by Crippen LogP contribution is 2.35. The zero-order valence-corrected chi connectivity index (χ0v) is 21.1. The van der Waals surface area contributed by atoms with Gasteiger partial charge in [-0.15, -0.1) is 0 Å². The first kappa shape index (κ1) is 23.0. The van der Waals surface area contributed by atoms with Gasteiger partial charge in [0.05, 0.1) is 31.1 Å². The molecule has 1 saturated carbocycles. The van der Waals surface area contributed by atoms with Gasteiger partial charge in [0.25, 0.3) is 0 Å². The maximum atomic E-state index is 12.6. The molecule has 3 amide bonds. The van der Waals surface area contributed by atoms with Crippen LogP contribution in [0.5, 0.6) is 5.75 Å². The number of ether oxygens (including phenoxy) is 1. The van der Waals surface area contributed by atoms with Crippen molar-refractivity contribution in [1.29, 1.82) is 0 Å². The van der Waals surface area contributed by atoms with Crippen LogP contribution in [0.3, 0.4) is 0 Å². The number of carbonyl (C=O) groups is 2. The third-order valence-corrected chi connectivity index (χ3v) is 7.86. The summed E-state index contributed by atoms with van der Waals surface area (Å²) in [5.74, 6) is 3.35. The number of fused-ring (bicyclic) bond motifs is 2. The third kappa shape index (κ3) is 4.11. The van der Waals surface area contributed by atoms with Gasteiger partial charge >= 0.3 is 6.03 Å². The average Bonchev–Trinajstić information content (AvgIpc) is 3.35. The summed E-state index contributed by atoms with van der Waals surface area (Å²) in [6.45, 7) is 2.89. The lowest BCUT2D eigenvalue weighted by atomic mass is 10.1. The van der Waals surface area contributed by atoms with Crippen LogP contribution in [0.2, 0.25) is 0 Å². The third-order valence-electron chi connectivity index (χ3n) is 7.86. The van der Waals surface area contributed by atoms with Crippen molar-refractivity contribution in [1.82, 2.24) is 29.3 Å². The van der Waals surface area contributed by atoms with Crippen molar-refractivity contribution >= 4 is 17.9 Å². The molecule has 196 valence electrons. The Morgan fingerprint density at radius 3 is 2.82 bits per heavy atom. The molecule has 11 nitrogen and oxygen atoms in total. The van der Waals surface area contributed by atoms with E-state index in [0.29, 0.717) is 38.0 Å². The number of nitrogens with two attached hydrogens (primary N) is 1. The number of amides is 3. The molecule has 11 heteroatoms. The van der Waals surface area contributed by atoms with E-state index in [-0.39, 0.29) is 17.9 Å². The summed E-state index contributed by atoms with van der Waals surface area (Å²) in [6.07, 6.45) is 6.54. The fourth-order valence-corrected chi connectivity index (χ4v) is 5.74. The fourth-order valence-electron chi connectivity index (χ4n) is 5.74. The number of aromatic nitrogens is 4. The van der Waals surface area contributed by atoms with E-state index in [2.05, 4.69) is 16.4 Å². The Hall–Kier alpha value is -4.15. The molecule has 1 aliphatic carbocycles. The van der Waals surface area contributed by atoms with E-state index in [4.69, 9.17) is 20.4 Å². The van der Waals surface area contributed by atoms with Crippen LogP contribution in [0, 0.1) is 5.92 Å². The van der Waals surface area contributed by atoms with Crippen LogP contribution < -0.4 is 15.8 Å². The van der Waals surface area contributed by atoms with Crippen LogP contribution in [-0.2, 0) is 24.3 Å². The number of likely N-dealkylation sites (tertiary alicyclic amines) is 1. The molecular formula is C27H30N8O3. The number of primary amides is 1. The van der Waals surface area contributed by atoms with Gasteiger partial charge < -0.3 is 25.6 Å². The number of nitrogens with one attached hydrogen (secondary N) is 1. The van der Waals surface area contributed by atoms with Gasteiger partial charge in [0.2, 0.25) is 11.9 Å². The monoisotopic (exact) mass is 514 g/mol. The van der Waals surface area contributed by atoms with Crippen molar-refractivity contribution in [2.45, 2.75) is 51.2 Å². The Labute approximate surface area is 220 Å². The van der Waals surface area contributed by atoms with Gasteiger partial charge in [0.1, 0.15) is 17.4 Å². The minimum absolute atomic E-state index is 0.0942. The molecule has 3 N–H and O–H groups in total. The Bertz CT molecular complexity index is 1430. The second-order valence-electron chi connectivity index (χ2n) is 10.6. The molecule has 1 atom stereocenters. The van der Waals surface area contributed by atoms with Gasteiger partial charge in [-0.3, -0.25) is 9.36 Å². The van der Waals surface area contributed by atoms with E-state index in [1.807, 2.05) is 27.7 Å². The second kappa shape index (κ2) is 9.00. The van der Waals surface area contributed by atoms with Crippen molar-refractivity contribution in [3.63, 3.8) is 0 Å². The number of hydrogen-bond acceptors (Lipinski definition) is 7. The molecule has 2 aromatic heterocycles. The summed E-state index contributed by atoms with van der Waals surface area (Å²) in [5.41, 5.74) is 9.41. The largest absolute Gasteiger partial charge is 0.493 e. The number of urea groups is 1. The number of nitrogens with zero attached hydrogens (tertiary/aromatic N) is 6. The molecule has 1 aromatic carbocycles. The molecule has 0 bridgehead atoms. The lowest BCUT2D eigenvalue weighted by Gasteiger charge is -2.33. The molecule has 0 spiro atoms. The van der Waals surface area contributed by atoms with E-state index < -0.39 is 6.03 Å². The Morgan fingerprint density at radius 2 is 1.97 bits per heavy atom. The number of carbonyl (C=O) groups excluding carboxylic acids is 2. The normalized spacial score (nSPS) is 20.2. The van der Waals surface area contributed by atoms with Gasteiger partial charge in [-0.25, -0.2) is 14.8 Å². The SMILES string of the molecule is NC(=O)N1Cc2nc(-c3ccc4c(c3)CCO4)n(-c3ccnc(NC4CCCN(C(=O)C5CC5)C4)n3)c2C1. The summed E-state index contributed by atoms with van der Waals surface area (Å²) in [7, 11) is 0. The average molecular weight is 515 g/mol. The number of rotatable bonds is 5. The number of imidazole rings is 1. The summed E-state index contributed by atoms with van der Waals surface area (Å²) < 4.78 is 7.70. The minimum Gasteiger partial charge on any atom is -0.493 e. The van der Waals surface area contributed by atoms with Crippen molar-refractivity contribution in [2.75, 3.05) is 25.0 Å². The molecule has 1 saturated heterocycles. The Kier molecular flexibility index (Phi) is 5.45. The van der Waals surface area contributed by atoms with Crippen LogP contribution in [0.1, 0.15) is 42.6 Å². The Morgan fingerprint density at radius 1 is 1.08 bits per heavy atom. The zero-order valence-electron chi connectivity index (χ0n) is 21.1. The quantitative estimate of drug-likeness (QED) is 0.535. The van der Waals surface area contributed by atoms with Gasteiger partial charge in [-0.05, 0) is 55.5 Å². The van der Waals surface area contributed by atoms with Crippen molar-refractivity contribution in [2.24, 2.45) is 11.7 Å². The predicted molar refractivity (Wildman–Crippen MR) is 139 cm³/mol. The van der Waals surface area contributed by atoms with E-state index in [0.717, 1.165) is 72.7 Å². The molecular weight excluding hydrogens is 484 g/mol. The number of anilines is 1. The number of hydrogen-bond donors (Lipinski definition) is 2. The van der Waals surface area contributed by atoms with E-state index >= 15 is 0 Å². The molecule has 7 rings (SSSR count). The van der Waals surface area contributed by atoms with Crippen molar-refractivity contribution < 1.29 is 14.3 Å². The maximum absolute atomic E-state index is 12.6.